The molecular weight excluding hydrogens is 525 g/mol. The van der Waals surface area contributed by atoms with Crippen molar-refractivity contribution < 1.29 is 41.5 Å². The minimum atomic E-state index is -3.92. The van der Waals surface area contributed by atoms with E-state index in [1.807, 2.05) is 0 Å². The van der Waals surface area contributed by atoms with Crippen molar-refractivity contribution in [3.63, 3.8) is 0 Å². The number of nitro benzene ring substituents is 1. The molecule has 0 atom stereocenters. The van der Waals surface area contributed by atoms with E-state index in [0.29, 0.717) is 0 Å². The van der Waals surface area contributed by atoms with Crippen LogP contribution in [0.3, 0.4) is 0 Å². The van der Waals surface area contributed by atoms with Crippen LogP contribution in [-0.4, -0.2) is 52.6 Å². The van der Waals surface area contributed by atoms with E-state index in [1.165, 1.54) is 50.6 Å². The number of anilines is 2. The van der Waals surface area contributed by atoms with Gasteiger partial charge in [-0.15, -0.1) is 0 Å². The van der Waals surface area contributed by atoms with E-state index in [-0.39, 0.29) is 33.5 Å². The van der Waals surface area contributed by atoms with Crippen LogP contribution >= 0.6 is 0 Å². The van der Waals surface area contributed by atoms with Gasteiger partial charge in [0.2, 0.25) is 0 Å². The molecule has 14 heteroatoms. The number of carbonyl (C=O) groups excluding carboxylic acids is 2. The Labute approximate surface area is 216 Å². The molecule has 0 saturated heterocycles. The van der Waals surface area contributed by atoms with Crippen molar-refractivity contribution in [1.29, 1.82) is 0 Å². The molecule has 0 aliphatic carbocycles. The lowest BCUT2D eigenvalue weighted by Crippen LogP contribution is -2.26. The summed E-state index contributed by atoms with van der Waals surface area (Å²) in [6.07, 6.45) is 0. The first kappa shape index (κ1) is 27.9. The van der Waals surface area contributed by atoms with Gasteiger partial charge < -0.3 is 19.5 Å². The third kappa shape index (κ3) is 6.94. The molecule has 1 N–H and O–H groups in total. The predicted octanol–water partition coefficient (Wildman–Crippen LogP) is 3.13. The molecule has 0 spiro atoms. The van der Waals surface area contributed by atoms with E-state index in [9.17, 15) is 32.5 Å². The van der Waals surface area contributed by atoms with Crippen LogP contribution < -0.4 is 19.1 Å². The minimum absolute atomic E-state index is 0.0329. The summed E-state index contributed by atoms with van der Waals surface area (Å²) >= 11 is 0. The number of nitrogens with zero attached hydrogens (tertiary/aromatic N) is 2. The van der Waals surface area contributed by atoms with E-state index >= 15 is 0 Å². The van der Waals surface area contributed by atoms with Crippen LogP contribution in [0.2, 0.25) is 0 Å². The van der Waals surface area contributed by atoms with Crippen LogP contribution in [0.5, 0.6) is 11.5 Å². The second-order valence-electron chi connectivity index (χ2n) is 7.56. The number of benzene rings is 3. The highest BCUT2D eigenvalue weighted by atomic mass is 32.2. The lowest BCUT2D eigenvalue weighted by Gasteiger charge is -2.19. The Morgan fingerprint density at radius 1 is 1.03 bits per heavy atom. The molecule has 1 amide bonds. The van der Waals surface area contributed by atoms with Crippen molar-refractivity contribution in [1.82, 2.24) is 0 Å². The lowest BCUT2D eigenvalue weighted by molar-refractivity contribution is -0.384. The molecule has 3 aromatic carbocycles. The van der Waals surface area contributed by atoms with Gasteiger partial charge in [-0.3, -0.25) is 19.2 Å². The average molecular weight is 548 g/mol. The normalized spacial score (nSPS) is 10.8. The molecule has 12 nitrogen and oxygen atoms in total. The van der Waals surface area contributed by atoms with Gasteiger partial charge in [-0.25, -0.2) is 17.6 Å². The summed E-state index contributed by atoms with van der Waals surface area (Å²) in [6.45, 7) is -1.23. The van der Waals surface area contributed by atoms with E-state index in [1.54, 1.807) is 0 Å². The van der Waals surface area contributed by atoms with Crippen molar-refractivity contribution in [3.05, 3.63) is 82.7 Å². The predicted molar refractivity (Wildman–Crippen MR) is 133 cm³/mol. The maximum Gasteiger partial charge on any atom is 0.344 e. The van der Waals surface area contributed by atoms with Gasteiger partial charge in [0.1, 0.15) is 17.3 Å². The Kier molecular flexibility index (Phi) is 8.81. The van der Waals surface area contributed by atoms with Gasteiger partial charge in [0, 0.05) is 19.2 Å². The van der Waals surface area contributed by atoms with E-state index < -0.39 is 45.9 Å². The Hall–Kier alpha value is -4.72. The zero-order valence-electron chi connectivity index (χ0n) is 20.1. The number of hydrogen-bond donors (Lipinski definition) is 1. The number of rotatable bonds is 11. The highest BCUT2D eigenvalue weighted by molar-refractivity contribution is 7.92. The zero-order chi connectivity index (χ0) is 27.9. The number of nitrogens with one attached hydrogen (secondary N) is 1. The maximum atomic E-state index is 13.1. The molecule has 200 valence electrons. The number of non-ortho nitro benzene ring substituents is 1. The topological polar surface area (TPSA) is 154 Å². The molecule has 3 rings (SSSR count). The largest absolute Gasteiger partial charge is 0.495 e. The molecule has 0 heterocycles. The first-order valence-corrected chi connectivity index (χ1v) is 12.2. The summed E-state index contributed by atoms with van der Waals surface area (Å²) < 4.78 is 54.7. The smallest absolute Gasteiger partial charge is 0.344 e. The maximum absolute atomic E-state index is 13.1. The molecule has 0 aromatic heterocycles. The molecular formula is C24H22FN3O9S. The number of sulfonamides is 1. The summed E-state index contributed by atoms with van der Waals surface area (Å²) in [4.78, 5) is 34.3. The highest BCUT2D eigenvalue weighted by Gasteiger charge is 2.21. The molecule has 3 aromatic rings. The van der Waals surface area contributed by atoms with Crippen LogP contribution in [0.15, 0.2) is 71.6 Å². The fourth-order valence-corrected chi connectivity index (χ4v) is 4.27. The summed E-state index contributed by atoms with van der Waals surface area (Å²) in [5.41, 5.74) is 0.0553. The van der Waals surface area contributed by atoms with Crippen LogP contribution in [0.1, 0.15) is 0 Å². The van der Waals surface area contributed by atoms with Gasteiger partial charge in [0.05, 0.1) is 28.3 Å². The Morgan fingerprint density at radius 2 is 1.68 bits per heavy atom. The number of methoxy groups -OCH3 is 1. The minimum Gasteiger partial charge on any atom is -0.495 e. The zero-order valence-corrected chi connectivity index (χ0v) is 20.9. The van der Waals surface area contributed by atoms with Crippen molar-refractivity contribution in [3.8, 4) is 11.5 Å². The lowest BCUT2D eigenvalue weighted by atomic mass is 10.2. The molecule has 0 radical (unpaired) electrons. The van der Waals surface area contributed by atoms with Gasteiger partial charge >= 0.3 is 5.97 Å². The second kappa shape index (κ2) is 12.0. The highest BCUT2D eigenvalue weighted by Crippen LogP contribution is 2.29. The van der Waals surface area contributed by atoms with Crippen molar-refractivity contribution in [2.45, 2.75) is 4.90 Å². The number of halogens is 1. The fourth-order valence-electron chi connectivity index (χ4n) is 3.08. The monoisotopic (exact) mass is 547 g/mol. The molecule has 0 aliphatic rings. The van der Waals surface area contributed by atoms with Crippen molar-refractivity contribution >= 4 is 39.0 Å². The SMILES string of the molecule is COc1ccc([N+](=O)[O-])cc1NC(=O)COC(=O)COc1ccc(N(C)S(=O)(=O)c2ccc(F)cc2)cc1. The van der Waals surface area contributed by atoms with Crippen molar-refractivity contribution in [2.75, 3.05) is 37.0 Å². The molecule has 38 heavy (non-hydrogen) atoms. The van der Waals surface area contributed by atoms with Gasteiger partial charge in [-0.1, -0.05) is 0 Å². The summed E-state index contributed by atoms with van der Waals surface area (Å²) in [6, 6.07) is 13.8. The number of esters is 1. The summed E-state index contributed by atoms with van der Waals surface area (Å²) in [7, 11) is -1.27. The quantitative estimate of drug-likeness (QED) is 0.217. The van der Waals surface area contributed by atoms with Crippen LogP contribution in [-0.2, 0) is 24.3 Å². The van der Waals surface area contributed by atoms with Crippen LogP contribution in [0, 0.1) is 15.9 Å². The third-order valence-electron chi connectivity index (χ3n) is 5.06. The van der Waals surface area contributed by atoms with E-state index in [2.05, 4.69) is 5.32 Å². The number of ether oxygens (including phenoxy) is 3. The Morgan fingerprint density at radius 3 is 2.29 bits per heavy atom. The van der Waals surface area contributed by atoms with Gasteiger partial charge in [0.25, 0.3) is 21.6 Å². The first-order chi connectivity index (χ1) is 18.0. The Balaban J connectivity index is 1.51. The van der Waals surface area contributed by atoms with E-state index in [0.717, 1.165) is 34.6 Å². The third-order valence-corrected chi connectivity index (χ3v) is 6.86. The molecule has 0 bridgehead atoms. The number of nitro groups is 1. The van der Waals surface area contributed by atoms with Crippen LogP contribution in [0.25, 0.3) is 0 Å². The molecule has 0 saturated carbocycles. The van der Waals surface area contributed by atoms with Crippen molar-refractivity contribution in [2.24, 2.45) is 0 Å². The standard InChI is InChI=1S/C24H22FN3O9S/c1-27(38(33,34)20-10-3-16(25)4-11-20)17-5-8-19(9-6-17)36-15-24(30)37-14-23(29)26-21-13-18(28(31)32)7-12-22(21)35-2/h3-13H,14-15H2,1-2H3,(H,26,29). The fraction of sp³-hybridized carbons (Fsp3) is 0.167. The molecule has 0 fully saturated rings. The first-order valence-electron chi connectivity index (χ1n) is 10.8. The molecule has 0 aliphatic heterocycles. The Bertz CT molecular complexity index is 1430. The van der Waals surface area contributed by atoms with E-state index in [4.69, 9.17) is 14.2 Å². The van der Waals surface area contributed by atoms with Gasteiger partial charge in [-0.2, -0.15) is 0 Å². The number of hydrogen-bond acceptors (Lipinski definition) is 9. The van der Waals surface area contributed by atoms with Gasteiger partial charge in [0.15, 0.2) is 13.2 Å². The number of carbonyl (C=O) groups is 2. The second-order valence-corrected chi connectivity index (χ2v) is 9.53. The average Bonchev–Trinajstić information content (AvgIpc) is 2.90. The summed E-state index contributed by atoms with van der Waals surface area (Å²) in [5.74, 6) is -1.78. The van der Waals surface area contributed by atoms with Gasteiger partial charge in [-0.05, 0) is 54.6 Å². The summed E-state index contributed by atoms with van der Waals surface area (Å²) in [5, 5.41) is 13.3. The number of amides is 1. The van der Waals surface area contributed by atoms with Crippen LogP contribution in [0.4, 0.5) is 21.5 Å². The molecule has 0 unspecified atom stereocenters.